The molecule has 1 aliphatic carbocycles. The van der Waals surface area contributed by atoms with Gasteiger partial charge in [-0.1, -0.05) is 38.0 Å². The quantitative estimate of drug-likeness (QED) is 0.874. The molecule has 0 radical (unpaired) electrons. The molecular formula is C20H30ClN3O. The number of para-hydroxylation sites is 1. The Morgan fingerprint density at radius 2 is 1.84 bits per heavy atom. The maximum absolute atomic E-state index is 12.7. The number of hydrogen-bond donors (Lipinski definition) is 1. The second-order valence-electron chi connectivity index (χ2n) is 7.92. The molecule has 2 heterocycles. The first-order valence-electron chi connectivity index (χ1n) is 9.54. The Hall–Kier alpha value is -1.26. The Morgan fingerprint density at radius 1 is 1.12 bits per heavy atom. The molecular weight excluding hydrogens is 334 g/mol. The van der Waals surface area contributed by atoms with Gasteiger partial charge in [0, 0.05) is 24.8 Å². The van der Waals surface area contributed by atoms with E-state index in [1.54, 1.807) is 0 Å². The molecule has 0 aromatic heterocycles. The number of rotatable bonds is 2. The largest absolute Gasteiger partial charge is 0.339 e. The Labute approximate surface area is 157 Å². The molecule has 2 aliphatic heterocycles. The standard InChI is InChI=1S/C20H29N3O.ClH/c1-16-6-5-9-18(14-16)22-12-10-20(11-13-22)19(24)21-15-23(20)17-7-3-2-4-8-17;/h2-4,7-8,16,18H,5-6,9-15H2,1H3,(H,21,24);1H/t16-,18+;/m1./s1. The molecule has 4 nitrogen and oxygen atoms in total. The van der Waals surface area contributed by atoms with Gasteiger partial charge >= 0.3 is 0 Å². The minimum Gasteiger partial charge on any atom is -0.339 e. The van der Waals surface area contributed by atoms with Gasteiger partial charge in [-0.15, -0.1) is 12.4 Å². The lowest BCUT2D eigenvalue weighted by molar-refractivity contribution is -0.125. The van der Waals surface area contributed by atoms with Crippen molar-refractivity contribution in [1.82, 2.24) is 10.2 Å². The van der Waals surface area contributed by atoms with Crippen LogP contribution in [0, 0.1) is 5.92 Å². The smallest absolute Gasteiger partial charge is 0.247 e. The van der Waals surface area contributed by atoms with Crippen molar-refractivity contribution < 1.29 is 4.79 Å². The monoisotopic (exact) mass is 363 g/mol. The topological polar surface area (TPSA) is 35.6 Å². The van der Waals surface area contributed by atoms with Crippen molar-refractivity contribution in [2.24, 2.45) is 5.92 Å². The van der Waals surface area contributed by atoms with Crippen LogP contribution in [0.15, 0.2) is 30.3 Å². The van der Waals surface area contributed by atoms with Gasteiger partial charge in [-0.3, -0.25) is 4.79 Å². The third-order valence-electron chi connectivity index (χ3n) is 6.46. The first kappa shape index (κ1) is 18.5. The lowest BCUT2D eigenvalue weighted by Crippen LogP contribution is -2.58. The fraction of sp³-hybridized carbons (Fsp3) is 0.650. The average Bonchev–Trinajstić information content (AvgIpc) is 2.93. The molecule has 4 rings (SSSR count). The number of halogens is 1. The van der Waals surface area contributed by atoms with E-state index in [4.69, 9.17) is 0 Å². The number of amides is 1. The highest BCUT2D eigenvalue weighted by Gasteiger charge is 2.50. The van der Waals surface area contributed by atoms with Crippen molar-refractivity contribution in [3.05, 3.63) is 30.3 Å². The SMILES string of the molecule is C[C@@H]1CCC[C@H](N2CCC3(CC2)C(=O)NCN3c2ccccc2)C1.Cl. The van der Waals surface area contributed by atoms with Crippen LogP contribution in [0.3, 0.4) is 0 Å². The summed E-state index contributed by atoms with van der Waals surface area (Å²) in [5, 5.41) is 3.10. The minimum absolute atomic E-state index is 0. The van der Waals surface area contributed by atoms with Crippen molar-refractivity contribution in [3.63, 3.8) is 0 Å². The van der Waals surface area contributed by atoms with Gasteiger partial charge in [0.15, 0.2) is 0 Å². The fourth-order valence-electron chi connectivity index (χ4n) is 5.03. The summed E-state index contributed by atoms with van der Waals surface area (Å²) >= 11 is 0. The van der Waals surface area contributed by atoms with Crippen LogP contribution >= 0.6 is 12.4 Å². The Kier molecular flexibility index (Phi) is 5.59. The molecule has 25 heavy (non-hydrogen) atoms. The second-order valence-corrected chi connectivity index (χ2v) is 7.92. The number of benzene rings is 1. The summed E-state index contributed by atoms with van der Waals surface area (Å²) in [5.41, 5.74) is 0.827. The van der Waals surface area contributed by atoms with Crippen molar-refractivity contribution >= 4 is 24.0 Å². The Bertz CT molecular complexity index is 586. The third kappa shape index (κ3) is 3.39. The van der Waals surface area contributed by atoms with E-state index in [1.807, 2.05) is 6.07 Å². The van der Waals surface area contributed by atoms with Crippen LogP contribution < -0.4 is 10.2 Å². The number of anilines is 1. The number of piperidine rings is 1. The minimum atomic E-state index is -0.335. The number of likely N-dealkylation sites (tertiary alicyclic amines) is 1. The molecule has 1 N–H and O–H groups in total. The fourth-order valence-corrected chi connectivity index (χ4v) is 5.03. The number of hydrogen-bond acceptors (Lipinski definition) is 3. The number of carbonyl (C=O) groups excluding carboxylic acids is 1. The van der Waals surface area contributed by atoms with Crippen molar-refractivity contribution in [2.75, 3.05) is 24.7 Å². The predicted octanol–water partition coefficient (Wildman–Crippen LogP) is 3.42. The average molecular weight is 364 g/mol. The van der Waals surface area contributed by atoms with E-state index in [0.717, 1.165) is 43.6 Å². The molecule has 1 spiro atoms. The van der Waals surface area contributed by atoms with Crippen LogP contribution in [0.2, 0.25) is 0 Å². The lowest BCUT2D eigenvalue weighted by atomic mass is 9.81. The van der Waals surface area contributed by atoms with Gasteiger partial charge in [-0.25, -0.2) is 0 Å². The van der Waals surface area contributed by atoms with Gasteiger partial charge in [0.1, 0.15) is 5.54 Å². The van der Waals surface area contributed by atoms with E-state index in [-0.39, 0.29) is 23.9 Å². The highest BCUT2D eigenvalue weighted by molar-refractivity contribution is 5.93. The van der Waals surface area contributed by atoms with Crippen LogP contribution in [0.5, 0.6) is 0 Å². The van der Waals surface area contributed by atoms with E-state index >= 15 is 0 Å². The summed E-state index contributed by atoms with van der Waals surface area (Å²) in [4.78, 5) is 17.7. The van der Waals surface area contributed by atoms with E-state index in [9.17, 15) is 4.79 Å². The van der Waals surface area contributed by atoms with Crippen LogP contribution in [-0.4, -0.2) is 42.1 Å². The summed E-state index contributed by atoms with van der Waals surface area (Å²) in [5.74, 6) is 1.08. The molecule has 0 bridgehead atoms. The maximum atomic E-state index is 12.7. The second kappa shape index (κ2) is 7.55. The van der Waals surface area contributed by atoms with Gasteiger partial charge in [0.2, 0.25) is 5.91 Å². The molecule has 3 fully saturated rings. The first-order valence-corrected chi connectivity index (χ1v) is 9.54. The highest BCUT2D eigenvalue weighted by atomic mass is 35.5. The maximum Gasteiger partial charge on any atom is 0.247 e. The Balaban J connectivity index is 0.00000182. The summed E-state index contributed by atoms with van der Waals surface area (Å²) in [7, 11) is 0. The van der Waals surface area contributed by atoms with Crippen molar-refractivity contribution in [3.8, 4) is 0 Å². The van der Waals surface area contributed by atoms with Crippen LogP contribution in [0.4, 0.5) is 5.69 Å². The molecule has 1 aromatic carbocycles. The molecule has 3 aliphatic rings. The van der Waals surface area contributed by atoms with E-state index in [2.05, 4.69) is 46.3 Å². The first-order chi connectivity index (χ1) is 11.7. The lowest BCUT2D eigenvalue weighted by Gasteiger charge is -2.46. The molecule has 1 amide bonds. The Morgan fingerprint density at radius 3 is 2.52 bits per heavy atom. The normalized spacial score (nSPS) is 29.3. The van der Waals surface area contributed by atoms with Crippen molar-refractivity contribution in [2.45, 2.75) is 57.0 Å². The van der Waals surface area contributed by atoms with Gasteiger partial charge in [-0.05, 0) is 43.7 Å². The van der Waals surface area contributed by atoms with Gasteiger partial charge < -0.3 is 15.1 Å². The molecule has 2 atom stereocenters. The van der Waals surface area contributed by atoms with Gasteiger partial charge in [0.05, 0.1) is 6.67 Å². The predicted molar refractivity (Wildman–Crippen MR) is 104 cm³/mol. The summed E-state index contributed by atoms with van der Waals surface area (Å²) < 4.78 is 0. The van der Waals surface area contributed by atoms with E-state index in [1.165, 1.54) is 25.7 Å². The molecule has 1 saturated carbocycles. The molecule has 5 heteroatoms. The van der Waals surface area contributed by atoms with Crippen LogP contribution in [0.1, 0.15) is 45.4 Å². The zero-order valence-corrected chi connectivity index (χ0v) is 15.9. The number of carbonyl (C=O) groups is 1. The molecule has 2 saturated heterocycles. The summed E-state index contributed by atoms with van der Waals surface area (Å²) in [6.45, 7) is 5.13. The third-order valence-corrected chi connectivity index (χ3v) is 6.46. The number of nitrogens with one attached hydrogen (secondary N) is 1. The van der Waals surface area contributed by atoms with Gasteiger partial charge in [0.25, 0.3) is 0 Å². The van der Waals surface area contributed by atoms with E-state index in [0.29, 0.717) is 6.67 Å². The highest BCUT2D eigenvalue weighted by Crippen LogP contribution is 2.38. The van der Waals surface area contributed by atoms with Crippen LogP contribution in [0.25, 0.3) is 0 Å². The van der Waals surface area contributed by atoms with Gasteiger partial charge in [-0.2, -0.15) is 0 Å². The molecule has 0 unspecified atom stereocenters. The summed E-state index contributed by atoms with van der Waals surface area (Å²) in [6.07, 6.45) is 7.31. The van der Waals surface area contributed by atoms with Crippen molar-refractivity contribution in [1.29, 1.82) is 0 Å². The molecule has 138 valence electrons. The van der Waals surface area contributed by atoms with E-state index < -0.39 is 0 Å². The molecule has 1 aromatic rings. The zero-order chi connectivity index (χ0) is 16.6. The van der Waals surface area contributed by atoms with Crippen LogP contribution in [-0.2, 0) is 4.79 Å². The zero-order valence-electron chi connectivity index (χ0n) is 15.1. The summed E-state index contributed by atoms with van der Waals surface area (Å²) in [6, 6.07) is 11.1. The number of nitrogens with zero attached hydrogens (tertiary/aromatic N) is 2.